The zero-order valence-electron chi connectivity index (χ0n) is 8.78. The third-order valence-corrected chi connectivity index (χ3v) is 2.35. The number of nitriles is 1. The zero-order chi connectivity index (χ0) is 11.7. The van der Waals surface area contributed by atoms with Crippen LogP contribution in [0.4, 0.5) is 0 Å². The Morgan fingerprint density at radius 2 is 2.12 bits per heavy atom. The van der Waals surface area contributed by atoms with Crippen molar-refractivity contribution in [3.8, 4) is 17.6 Å². The maximum absolute atomic E-state index is 8.80. The van der Waals surface area contributed by atoms with Crippen molar-refractivity contribution in [1.29, 1.82) is 5.26 Å². The fourth-order valence-corrected chi connectivity index (χ4v) is 1.55. The molecule has 17 heavy (non-hydrogen) atoms. The maximum Gasteiger partial charge on any atom is 0.200 e. The topological polar surface area (TPSA) is 66.9 Å². The summed E-state index contributed by atoms with van der Waals surface area (Å²) in [7, 11) is 0. The molecule has 0 N–H and O–H groups in total. The van der Waals surface area contributed by atoms with E-state index >= 15 is 0 Å². The van der Waals surface area contributed by atoms with E-state index < -0.39 is 0 Å². The summed E-state index contributed by atoms with van der Waals surface area (Å²) < 4.78 is 1.59. The Labute approximate surface area is 97.0 Å². The Balaban J connectivity index is 2.18. The highest BCUT2D eigenvalue weighted by atomic mass is 15.3. The number of fused-ring (bicyclic) bond motifs is 1. The fourth-order valence-electron chi connectivity index (χ4n) is 1.55. The molecule has 3 aromatic rings. The van der Waals surface area contributed by atoms with Gasteiger partial charge in [-0.1, -0.05) is 6.07 Å². The number of nitrogens with zero attached hydrogens (tertiary/aromatic N) is 5. The number of aromatic nitrogens is 4. The molecule has 3 aromatic heterocycles. The molecule has 0 aliphatic rings. The number of rotatable bonds is 1. The molecule has 5 heteroatoms. The van der Waals surface area contributed by atoms with Gasteiger partial charge in [0.2, 0.25) is 5.82 Å². The SMILES string of the molecule is N#Cc1ccc2nc(-c3ccccn3)nn2c1. The van der Waals surface area contributed by atoms with Crippen molar-refractivity contribution in [1.82, 2.24) is 19.6 Å². The maximum atomic E-state index is 8.80. The van der Waals surface area contributed by atoms with Crippen molar-refractivity contribution in [3.05, 3.63) is 48.3 Å². The third-order valence-electron chi connectivity index (χ3n) is 2.35. The molecule has 0 amide bonds. The van der Waals surface area contributed by atoms with Gasteiger partial charge in [0.1, 0.15) is 11.8 Å². The minimum atomic E-state index is 0.551. The second-order valence-electron chi connectivity index (χ2n) is 3.48. The van der Waals surface area contributed by atoms with Crippen LogP contribution in [-0.2, 0) is 0 Å². The van der Waals surface area contributed by atoms with Crippen LogP contribution < -0.4 is 0 Å². The molecule has 0 fully saturated rings. The van der Waals surface area contributed by atoms with Crippen LogP contribution in [0.3, 0.4) is 0 Å². The summed E-state index contributed by atoms with van der Waals surface area (Å²) in [6, 6.07) is 11.1. The summed E-state index contributed by atoms with van der Waals surface area (Å²) in [5.74, 6) is 0.556. The first-order valence-corrected chi connectivity index (χ1v) is 5.05. The Bertz CT molecular complexity index is 709. The van der Waals surface area contributed by atoms with E-state index in [4.69, 9.17) is 5.26 Å². The summed E-state index contributed by atoms with van der Waals surface area (Å²) in [5, 5.41) is 13.1. The molecule has 0 bridgehead atoms. The van der Waals surface area contributed by atoms with Gasteiger partial charge in [-0.15, -0.1) is 5.10 Å². The smallest absolute Gasteiger partial charge is 0.200 e. The van der Waals surface area contributed by atoms with E-state index in [1.165, 1.54) is 0 Å². The van der Waals surface area contributed by atoms with E-state index in [0.717, 1.165) is 5.69 Å². The molecule has 0 aromatic carbocycles. The Kier molecular flexibility index (Phi) is 2.06. The molecule has 3 heterocycles. The van der Waals surface area contributed by atoms with Gasteiger partial charge in [0.25, 0.3) is 0 Å². The van der Waals surface area contributed by atoms with Gasteiger partial charge < -0.3 is 0 Å². The van der Waals surface area contributed by atoms with Gasteiger partial charge in [-0.05, 0) is 24.3 Å². The highest BCUT2D eigenvalue weighted by Gasteiger charge is 2.06. The minimum absolute atomic E-state index is 0.551. The van der Waals surface area contributed by atoms with E-state index in [9.17, 15) is 0 Å². The molecule has 0 saturated heterocycles. The summed E-state index contributed by atoms with van der Waals surface area (Å²) >= 11 is 0. The number of hydrogen-bond acceptors (Lipinski definition) is 4. The first-order chi connectivity index (χ1) is 8.36. The van der Waals surface area contributed by atoms with Crippen molar-refractivity contribution in [2.45, 2.75) is 0 Å². The van der Waals surface area contributed by atoms with Gasteiger partial charge in [0, 0.05) is 12.4 Å². The summed E-state index contributed by atoms with van der Waals surface area (Å²) in [6.45, 7) is 0. The highest BCUT2D eigenvalue weighted by molar-refractivity contribution is 5.54. The predicted octanol–water partition coefficient (Wildman–Crippen LogP) is 1.66. The van der Waals surface area contributed by atoms with Crippen molar-refractivity contribution in [2.24, 2.45) is 0 Å². The van der Waals surface area contributed by atoms with Crippen LogP contribution in [0.1, 0.15) is 5.56 Å². The third kappa shape index (κ3) is 1.62. The van der Waals surface area contributed by atoms with Crippen LogP contribution in [-0.4, -0.2) is 19.6 Å². The van der Waals surface area contributed by atoms with Crippen LogP contribution in [0.5, 0.6) is 0 Å². The van der Waals surface area contributed by atoms with Crippen molar-refractivity contribution in [3.63, 3.8) is 0 Å². The molecule has 0 spiro atoms. The average molecular weight is 221 g/mol. The zero-order valence-corrected chi connectivity index (χ0v) is 8.78. The second kappa shape index (κ2) is 3.68. The molecule has 5 nitrogen and oxygen atoms in total. The van der Waals surface area contributed by atoms with E-state index in [0.29, 0.717) is 17.0 Å². The Hall–Kier alpha value is -2.74. The lowest BCUT2D eigenvalue weighted by Crippen LogP contribution is -1.89. The summed E-state index contributed by atoms with van der Waals surface area (Å²) in [5.41, 5.74) is 1.97. The molecular formula is C12H7N5. The Morgan fingerprint density at radius 3 is 2.88 bits per heavy atom. The molecule has 0 atom stereocenters. The van der Waals surface area contributed by atoms with Gasteiger partial charge >= 0.3 is 0 Å². The monoisotopic (exact) mass is 221 g/mol. The van der Waals surface area contributed by atoms with Crippen molar-refractivity contribution < 1.29 is 0 Å². The number of pyridine rings is 2. The van der Waals surface area contributed by atoms with E-state index in [1.807, 2.05) is 18.2 Å². The van der Waals surface area contributed by atoms with Crippen LogP contribution in [0, 0.1) is 11.3 Å². The van der Waals surface area contributed by atoms with Crippen LogP contribution in [0.25, 0.3) is 17.2 Å². The summed E-state index contributed by atoms with van der Waals surface area (Å²) in [4.78, 5) is 8.52. The fraction of sp³-hybridized carbons (Fsp3) is 0. The molecule has 3 rings (SSSR count). The molecule has 0 aliphatic carbocycles. The Morgan fingerprint density at radius 1 is 1.18 bits per heavy atom. The molecule has 0 saturated carbocycles. The quantitative estimate of drug-likeness (QED) is 0.626. The first kappa shape index (κ1) is 9.48. The number of hydrogen-bond donors (Lipinski definition) is 0. The molecule has 80 valence electrons. The van der Waals surface area contributed by atoms with E-state index in [1.54, 1.807) is 29.0 Å². The van der Waals surface area contributed by atoms with Crippen molar-refractivity contribution in [2.75, 3.05) is 0 Å². The highest BCUT2D eigenvalue weighted by Crippen LogP contribution is 2.13. The molecular weight excluding hydrogens is 214 g/mol. The molecule has 0 unspecified atom stereocenters. The lowest BCUT2D eigenvalue weighted by Gasteiger charge is -1.90. The van der Waals surface area contributed by atoms with Crippen LogP contribution in [0.15, 0.2) is 42.7 Å². The second-order valence-corrected chi connectivity index (χ2v) is 3.48. The standard InChI is InChI=1S/C12H7N5/c13-7-9-4-5-11-15-12(16-17(11)8-9)10-3-1-2-6-14-10/h1-6,8H. The van der Waals surface area contributed by atoms with E-state index in [2.05, 4.69) is 21.1 Å². The van der Waals surface area contributed by atoms with Crippen LogP contribution in [0.2, 0.25) is 0 Å². The first-order valence-electron chi connectivity index (χ1n) is 5.05. The van der Waals surface area contributed by atoms with Gasteiger partial charge in [-0.3, -0.25) is 4.98 Å². The van der Waals surface area contributed by atoms with Gasteiger partial charge in [-0.2, -0.15) is 5.26 Å². The van der Waals surface area contributed by atoms with Gasteiger partial charge in [0.15, 0.2) is 5.65 Å². The average Bonchev–Trinajstić information content (AvgIpc) is 2.82. The van der Waals surface area contributed by atoms with Gasteiger partial charge in [-0.25, -0.2) is 9.50 Å². The van der Waals surface area contributed by atoms with Crippen molar-refractivity contribution >= 4 is 5.65 Å². The molecule has 0 radical (unpaired) electrons. The largest absolute Gasteiger partial charge is 0.253 e. The lowest BCUT2D eigenvalue weighted by molar-refractivity contribution is 0.958. The van der Waals surface area contributed by atoms with Gasteiger partial charge in [0.05, 0.1) is 5.56 Å². The predicted molar refractivity (Wildman–Crippen MR) is 60.9 cm³/mol. The lowest BCUT2D eigenvalue weighted by atomic mass is 10.3. The minimum Gasteiger partial charge on any atom is -0.253 e. The summed E-state index contributed by atoms with van der Waals surface area (Å²) in [6.07, 6.45) is 3.34. The van der Waals surface area contributed by atoms with E-state index in [-0.39, 0.29) is 0 Å². The normalized spacial score (nSPS) is 10.3. The molecule has 0 aliphatic heterocycles. The van der Waals surface area contributed by atoms with Crippen LogP contribution >= 0.6 is 0 Å².